The summed E-state index contributed by atoms with van der Waals surface area (Å²) in [6.45, 7) is 0.809. The number of rotatable bonds is 2. The van der Waals surface area contributed by atoms with E-state index in [0.717, 1.165) is 41.7 Å². The van der Waals surface area contributed by atoms with Gasteiger partial charge in [-0.25, -0.2) is 4.79 Å². The van der Waals surface area contributed by atoms with E-state index in [4.69, 9.17) is 0 Å². The Kier molecular flexibility index (Phi) is 2.91. The predicted octanol–water partition coefficient (Wildman–Crippen LogP) is 2.74. The van der Waals surface area contributed by atoms with E-state index in [1.54, 1.807) is 0 Å². The molecular weight excluding hydrogens is 248 g/mol. The van der Waals surface area contributed by atoms with Crippen molar-refractivity contribution < 1.29 is 9.90 Å². The van der Waals surface area contributed by atoms with Gasteiger partial charge in [-0.05, 0) is 42.9 Å². The van der Waals surface area contributed by atoms with E-state index in [2.05, 4.69) is 4.37 Å². The summed E-state index contributed by atoms with van der Waals surface area (Å²) < 4.78 is 4.39. The van der Waals surface area contributed by atoms with Crippen LogP contribution in [0, 0.1) is 0 Å². The van der Waals surface area contributed by atoms with Crippen LogP contribution >= 0.6 is 11.5 Å². The number of nitrogens with zero attached hydrogens (tertiary/aromatic N) is 2. The van der Waals surface area contributed by atoms with Gasteiger partial charge in [0.15, 0.2) is 0 Å². The van der Waals surface area contributed by atoms with Crippen LogP contribution in [0.1, 0.15) is 19.3 Å². The van der Waals surface area contributed by atoms with Crippen LogP contribution in [0.25, 0.3) is 10.9 Å². The highest BCUT2D eigenvalue weighted by molar-refractivity contribution is 7.11. The van der Waals surface area contributed by atoms with Gasteiger partial charge < -0.3 is 10.0 Å². The van der Waals surface area contributed by atoms with Gasteiger partial charge >= 0.3 is 5.97 Å². The van der Waals surface area contributed by atoms with Crippen molar-refractivity contribution in [2.24, 2.45) is 0 Å². The number of piperidine rings is 1. The van der Waals surface area contributed by atoms with Crippen LogP contribution in [0.3, 0.4) is 0 Å². The molecule has 0 bridgehead atoms. The molecule has 4 nitrogen and oxygen atoms in total. The molecule has 5 heteroatoms. The maximum atomic E-state index is 11.3. The molecule has 0 spiro atoms. The van der Waals surface area contributed by atoms with Gasteiger partial charge in [-0.2, -0.15) is 4.37 Å². The Morgan fingerprint density at radius 1 is 1.39 bits per heavy atom. The van der Waals surface area contributed by atoms with E-state index >= 15 is 0 Å². The van der Waals surface area contributed by atoms with Gasteiger partial charge in [-0.3, -0.25) is 0 Å². The summed E-state index contributed by atoms with van der Waals surface area (Å²) in [6, 6.07) is 7.51. The summed E-state index contributed by atoms with van der Waals surface area (Å²) in [5, 5.41) is 11.4. The maximum Gasteiger partial charge on any atom is 0.326 e. The van der Waals surface area contributed by atoms with Gasteiger partial charge in [-0.15, -0.1) is 0 Å². The molecule has 1 aliphatic heterocycles. The molecular formula is C13H14N2O2S. The molecule has 1 unspecified atom stereocenters. The van der Waals surface area contributed by atoms with E-state index in [1.807, 2.05) is 29.2 Å². The zero-order chi connectivity index (χ0) is 12.5. The number of benzene rings is 1. The molecule has 3 rings (SSSR count). The predicted molar refractivity (Wildman–Crippen MR) is 72.2 cm³/mol. The van der Waals surface area contributed by atoms with Crippen molar-refractivity contribution in [3.8, 4) is 0 Å². The lowest BCUT2D eigenvalue weighted by Gasteiger charge is -2.33. The standard InChI is InChI=1S/C13H14N2O2S/c16-13(17)11-7-3-4-8-15(11)12-9-5-1-2-6-10(9)14-18-12/h1-2,5-6,11H,3-4,7-8H2,(H,16,17). The van der Waals surface area contributed by atoms with Crippen molar-refractivity contribution in [3.63, 3.8) is 0 Å². The number of aliphatic carboxylic acids is 1. The van der Waals surface area contributed by atoms with Crippen molar-refractivity contribution in [3.05, 3.63) is 24.3 Å². The second-order valence-electron chi connectivity index (χ2n) is 4.55. The number of carbonyl (C=O) groups is 1. The molecule has 0 aliphatic carbocycles. The number of anilines is 1. The van der Waals surface area contributed by atoms with E-state index in [0.29, 0.717) is 0 Å². The van der Waals surface area contributed by atoms with Crippen LogP contribution in [0.15, 0.2) is 24.3 Å². The van der Waals surface area contributed by atoms with Gasteiger partial charge in [-0.1, -0.05) is 12.1 Å². The van der Waals surface area contributed by atoms with Gasteiger partial charge in [0, 0.05) is 11.9 Å². The van der Waals surface area contributed by atoms with E-state index in [9.17, 15) is 9.90 Å². The molecule has 2 heterocycles. The first-order chi connectivity index (χ1) is 8.77. The van der Waals surface area contributed by atoms with Crippen LogP contribution in [-0.4, -0.2) is 28.0 Å². The number of carboxylic acids is 1. The first-order valence-electron chi connectivity index (χ1n) is 6.11. The second-order valence-corrected chi connectivity index (χ2v) is 5.30. The molecule has 1 aliphatic rings. The van der Waals surface area contributed by atoms with E-state index in [1.165, 1.54) is 11.5 Å². The smallest absolute Gasteiger partial charge is 0.326 e. The molecule has 1 aromatic carbocycles. The summed E-state index contributed by atoms with van der Waals surface area (Å²) in [5.74, 6) is -0.729. The van der Waals surface area contributed by atoms with Crippen molar-refractivity contribution in [2.45, 2.75) is 25.3 Å². The Balaban J connectivity index is 2.04. The zero-order valence-corrected chi connectivity index (χ0v) is 10.7. The minimum atomic E-state index is -0.729. The lowest BCUT2D eigenvalue weighted by molar-refractivity contribution is -0.139. The van der Waals surface area contributed by atoms with Gasteiger partial charge in [0.05, 0.1) is 5.52 Å². The van der Waals surface area contributed by atoms with E-state index in [-0.39, 0.29) is 0 Å². The Morgan fingerprint density at radius 2 is 2.22 bits per heavy atom. The molecule has 94 valence electrons. The molecule has 1 aromatic heterocycles. The number of hydrogen-bond acceptors (Lipinski definition) is 4. The fraction of sp³-hybridized carbons (Fsp3) is 0.385. The normalized spacial score (nSPS) is 20.2. The summed E-state index contributed by atoms with van der Waals surface area (Å²) in [5.41, 5.74) is 0.951. The third-order valence-electron chi connectivity index (χ3n) is 3.41. The van der Waals surface area contributed by atoms with Crippen molar-refractivity contribution >= 4 is 33.4 Å². The second kappa shape index (κ2) is 4.57. The Morgan fingerprint density at radius 3 is 3.06 bits per heavy atom. The number of hydrogen-bond donors (Lipinski definition) is 1. The largest absolute Gasteiger partial charge is 0.480 e. The average molecular weight is 262 g/mol. The Hall–Kier alpha value is -1.62. The van der Waals surface area contributed by atoms with Crippen molar-refractivity contribution in [2.75, 3.05) is 11.4 Å². The first kappa shape index (κ1) is 11.5. The van der Waals surface area contributed by atoms with E-state index < -0.39 is 12.0 Å². The molecule has 18 heavy (non-hydrogen) atoms. The van der Waals surface area contributed by atoms with Gasteiger partial charge in [0.25, 0.3) is 0 Å². The van der Waals surface area contributed by atoms with Crippen molar-refractivity contribution in [1.29, 1.82) is 0 Å². The number of aromatic nitrogens is 1. The first-order valence-corrected chi connectivity index (χ1v) is 6.88. The monoisotopic (exact) mass is 262 g/mol. The zero-order valence-electron chi connectivity index (χ0n) is 9.87. The average Bonchev–Trinajstić information content (AvgIpc) is 2.82. The highest BCUT2D eigenvalue weighted by atomic mass is 32.1. The fourth-order valence-electron chi connectivity index (χ4n) is 2.51. The fourth-order valence-corrected chi connectivity index (χ4v) is 3.45. The van der Waals surface area contributed by atoms with Gasteiger partial charge in [0.1, 0.15) is 11.0 Å². The molecule has 1 N–H and O–H groups in total. The summed E-state index contributed by atoms with van der Waals surface area (Å²) in [4.78, 5) is 13.3. The number of fused-ring (bicyclic) bond motifs is 1. The molecule has 0 amide bonds. The molecule has 1 fully saturated rings. The van der Waals surface area contributed by atoms with Crippen LogP contribution in [0.4, 0.5) is 5.00 Å². The van der Waals surface area contributed by atoms with Crippen LogP contribution in [0.5, 0.6) is 0 Å². The lowest BCUT2D eigenvalue weighted by atomic mass is 10.0. The maximum absolute atomic E-state index is 11.3. The lowest BCUT2D eigenvalue weighted by Crippen LogP contribution is -2.44. The third kappa shape index (κ3) is 1.84. The minimum absolute atomic E-state index is 0.400. The molecule has 2 aromatic rings. The Labute approximate surface area is 109 Å². The van der Waals surface area contributed by atoms with Crippen molar-refractivity contribution in [1.82, 2.24) is 4.37 Å². The van der Waals surface area contributed by atoms with Crippen LogP contribution in [0.2, 0.25) is 0 Å². The van der Waals surface area contributed by atoms with Crippen LogP contribution < -0.4 is 4.90 Å². The quantitative estimate of drug-likeness (QED) is 0.904. The highest BCUT2D eigenvalue weighted by Gasteiger charge is 2.30. The third-order valence-corrected chi connectivity index (χ3v) is 4.33. The minimum Gasteiger partial charge on any atom is -0.480 e. The molecule has 1 atom stereocenters. The molecule has 1 saturated heterocycles. The Bertz CT molecular complexity index is 581. The van der Waals surface area contributed by atoms with Crippen LogP contribution in [-0.2, 0) is 4.79 Å². The summed E-state index contributed by atoms with van der Waals surface area (Å²) in [7, 11) is 0. The number of carboxylic acid groups (broad SMARTS) is 1. The topological polar surface area (TPSA) is 53.4 Å². The summed E-state index contributed by atoms with van der Waals surface area (Å²) in [6.07, 6.45) is 2.77. The SMILES string of the molecule is O=C(O)C1CCCCN1c1snc2ccccc12. The summed E-state index contributed by atoms with van der Waals surface area (Å²) >= 11 is 1.40. The molecule has 0 saturated carbocycles. The highest BCUT2D eigenvalue weighted by Crippen LogP contribution is 2.35. The van der Waals surface area contributed by atoms with Gasteiger partial charge in [0.2, 0.25) is 0 Å². The molecule has 0 radical (unpaired) electrons.